The fraction of sp³-hybridized carbons (Fsp3) is 0.500. The fourth-order valence-electron chi connectivity index (χ4n) is 1.27. The Balaban J connectivity index is 2.31. The minimum Gasteiger partial charge on any atom is -0.345 e. The van der Waals surface area contributed by atoms with Crippen LogP contribution in [0.2, 0.25) is 0 Å². The predicted molar refractivity (Wildman–Crippen MR) is 57.4 cm³/mol. The summed E-state index contributed by atoms with van der Waals surface area (Å²) in [6.45, 7) is 0.960. The van der Waals surface area contributed by atoms with E-state index in [0.29, 0.717) is 0 Å². The maximum Gasteiger partial charge on any atom is 0.166 e. The minimum atomic E-state index is 0.782. The van der Waals surface area contributed by atoms with Crippen LogP contribution in [0.3, 0.4) is 0 Å². The van der Waals surface area contributed by atoms with Crippen molar-refractivity contribution in [3.63, 3.8) is 0 Å². The largest absolute Gasteiger partial charge is 0.345 e. The summed E-state index contributed by atoms with van der Waals surface area (Å²) in [5.74, 6) is 1.21. The number of aldehydes is 1. The third kappa shape index (κ3) is 3.27. The van der Waals surface area contributed by atoms with Gasteiger partial charge >= 0.3 is 0 Å². The second kappa shape index (κ2) is 5.86. The Bertz CT molecular complexity index is 257. The molecular weight excluding hydrogens is 182 g/mol. The van der Waals surface area contributed by atoms with Gasteiger partial charge in [0.1, 0.15) is 0 Å². The number of unbranched alkanes of at least 4 members (excludes halogenated alkanes) is 1. The van der Waals surface area contributed by atoms with Crippen molar-refractivity contribution in [1.82, 2.24) is 4.57 Å². The van der Waals surface area contributed by atoms with Crippen LogP contribution in [0.5, 0.6) is 0 Å². The number of carbonyl (C=O) groups is 1. The molecule has 0 fully saturated rings. The smallest absolute Gasteiger partial charge is 0.166 e. The normalized spacial score (nSPS) is 10.2. The van der Waals surface area contributed by atoms with Crippen LogP contribution in [0, 0.1) is 0 Å². The summed E-state index contributed by atoms with van der Waals surface area (Å²) < 4.78 is 2.01. The summed E-state index contributed by atoms with van der Waals surface area (Å²) in [5, 5.41) is 0. The van der Waals surface area contributed by atoms with Gasteiger partial charge in [0.05, 0.1) is 5.69 Å². The lowest BCUT2D eigenvalue weighted by Gasteiger charge is -2.03. The van der Waals surface area contributed by atoms with Gasteiger partial charge in [-0.2, -0.15) is 11.8 Å². The number of rotatable bonds is 6. The molecule has 0 radical (unpaired) electrons. The molecule has 0 amide bonds. The van der Waals surface area contributed by atoms with E-state index in [1.54, 1.807) is 0 Å². The van der Waals surface area contributed by atoms with Crippen LogP contribution in [0.1, 0.15) is 23.3 Å². The van der Waals surface area contributed by atoms with Crippen molar-refractivity contribution < 1.29 is 4.79 Å². The van der Waals surface area contributed by atoms with Crippen molar-refractivity contribution in [2.75, 3.05) is 12.0 Å². The average Bonchev–Trinajstić information content (AvgIpc) is 2.60. The summed E-state index contributed by atoms with van der Waals surface area (Å²) >= 11 is 1.87. The van der Waals surface area contributed by atoms with E-state index in [0.717, 1.165) is 24.9 Å². The van der Waals surface area contributed by atoms with E-state index < -0.39 is 0 Å². The highest BCUT2D eigenvalue weighted by Crippen LogP contribution is 2.04. The lowest BCUT2D eigenvalue weighted by molar-refractivity contribution is 0.111. The molecule has 0 aliphatic rings. The molecule has 1 aromatic heterocycles. The number of carbonyl (C=O) groups excluding carboxylic acids is 1. The zero-order chi connectivity index (χ0) is 9.52. The summed E-state index contributed by atoms with van der Waals surface area (Å²) in [7, 11) is 0. The van der Waals surface area contributed by atoms with Gasteiger partial charge in [-0.3, -0.25) is 4.79 Å². The molecule has 2 nitrogen and oxygen atoms in total. The zero-order valence-corrected chi connectivity index (χ0v) is 8.72. The Kier molecular flexibility index (Phi) is 4.68. The average molecular weight is 197 g/mol. The van der Waals surface area contributed by atoms with E-state index in [1.807, 2.05) is 34.7 Å². The first kappa shape index (κ1) is 10.4. The van der Waals surface area contributed by atoms with Gasteiger partial charge in [-0.05, 0) is 37.0 Å². The summed E-state index contributed by atoms with van der Waals surface area (Å²) in [6.07, 6.45) is 7.36. The van der Waals surface area contributed by atoms with Crippen molar-refractivity contribution in [3.8, 4) is 0 Å². The highest BCUT2D eigenvalue weighted by atomic mass is 32.2. The molecule has 0 unspecified atom stereocenters. The Morgan fingerprint density at radius 1 is 1.54 bits per heavy atom. The first-order valence-corrected chi connectivity index (χ1v) is 5.87. The van der Waals surface area contributed by atoms with E-state index in [4.69, 9.17) is 0 Å². The molecule has 0 saturated heterocycles. The number of hydrogen-bond acceptors (Lipinski definition) is 2. The quantitative estimate of drug-likeness (QED) is 0.516. The SMILES string of the molecule is CSCCCCn1cccc1C=O. The summed E-state index contributed by atoms with van der Waals surface area (Å²) in [6, 6.07) is 3.76. The lowest BCUT2D eigenvalue weighted by atomic mass is 10.3. The van der Waals surface area contributed by atoms with Gasteiger partial charge in [0.2, 0.25) is 0 Å². The number of aryl methyl sites for hydroxylation is 1. The van der Waals surface area contributed by atoms with Crippen LogP contribution in [0.15, 0.2) is 18.3 Å². The predicted octanol–water partition coefficient (Wildman–Crippen LogP) is 2.44. The molecule has 0 aromatic carbocycles. The van der Waals surface area contributed by atoms with E-state index in [2.05, 4.69) is 6.26 Å². The number of thioether (sulfide) groups is 1. The van der Waals surface area contributed by atoms with Crippen LogP contribution in [0.25, 0.3) is 0 Å². The Labute approximate surface area is 83.3 Å². The second-order valence-corrected chi connectivity index (χ2v) is 3.93. The van der Waals surface area contributed by atoms with Crippen LogP contribution >= 0.6 is 11.8 Å². The van der Waals surface area contributed by atoms with E-state index >= 15 is 0 Å². The fourth-order valence-corrected chi connectivity index (χ4v) is 1.76. The maximum absolute atomic E-state index is 10.6. The Morgan fingerprint density at radius 3 is 3.08 bits per heavy atom. The van der Waals surface area contributed by atoms with Crippen LogP contribution < -0.4 is 0 Å². The number of aromatic nitrogens is 1. The van der Waals surface area contributed by atoms with Gasteiger partial charge in [0, 0.05) is 12.7 Å². The molecule has 1 rings (SSSR count). The Morgan fingerprint density at radius 2 is 2.38 bits per heavy atom. The minimum absolute atomic E-state index is 0.782. The van der Waals surface area contributed by atoms with Gasteiger partial charge in [-0.25, -0.2) is 0 Å². The highest BCUT2D eigenvalue weighted by molar-refractivity contribution is 7.98. The van der Waals surface area contributed by atoms with Gasteiger partial charge in [0.15, 0.2) is 6.29 Å². The van der Waals surface area contributed by atoms with Gasteiger partial charge in [-0.15, -0.1) is 0 Å². The van der Waals surface area contributed by atoms with E-state index in [1.165, 1.54) is 12.2 Å². The van der Waals surface area contributed by atoms with Gasteiger partial charge in [-0.1, -0.05) is 0 Å². The van der Waals surface area contributed by atoms with Crippen LogP contribution in [0.4, 0.5) is 0 Å². The van der Waals surface area contributed by atoms with Crippen LogP contribution in [-0.2, 0) is 6.54 Å². The van der Waals surface area contributed by atoms with Crippen molar-refractivity contribution in [1.29, 1.82) is 0 Å². The monoisotopic (exact) mass is 197 g/mol. The second-order valence-electron chi connectivity index (χ2n) is 2.94. The third-order valence-electron chi connectivity index (χ3n) is 1.98. The zero-order valence-electron chi connectivity index (χ0n) is 7.90. The van der Waals surface area contributed by atoms with Crippen molar-refractivity contribution >= 4 is 18.0 Å². The topological polar surface area (TPSA) is 22.0 Å². The summed E-state index contributed by atoms with van der Waals surface area (Å²) in [5.41, 5.74) is 0.782. The molecule has 0 atom stereocenters. The third-order valence-corrected chi connectivity index (χ3v) is 2.68. The van der Waals surface area contributed by atoms with E-state index in [-0.39, 0.29) is 0 Å². The molecule has 0 N–H and O–H groups in total. The van der Waals surface area contributed by atoms with Crippen molar-refractivity contribution in [3.05, 3.63) is 24.0 Å². The molecule has 0 aliphatic heterocycles. The van der Waals surface area contributed by atoms with E-state index in [9.17, 15) is 4.79 Å². The molecule has 0 bridgehead atoms. The summed E-state index contributed by atoms with van der Waals surface area (Å²) in [4.78, 5) is 10.6. The van der Waals surface area contributed by atoms with Crippen LogP contribution in [-0.4, -0.2) is 22.9 Å². The lowest BCUT2D eigenvalue weighted by Crippen LogP contribution is -2.00. The number of nitrogens with zero attached hydrogens (tertiary/aromatic N) is 1. The molecule has 0 aliphatic carbocycles. The first-order chi connectivity index (χ1) is 6.38. The first-order valence-electron chi connectivity index (χ1n) is 4.47. The maximum atomic E-state index is 10.6. The molecule has 72 valence electrons. The van der Waals surface area contributed by atoms with Gasteiger partial charge in [0.25, 0.3) is 0 Å². The molecule has 13 heavy (non-hydrogen) atoms. The number of hydrogen-bond donors (Lipinski definition) is 0. The Hall–Kier alpha value is -0.700. The molecule has 0 spiro atoms. The molecule has 1 aromatic rings. The van der Waals surface area contributed by atoms with Crippen molar-refractivity contribution in [2.45, 2.75) is 19.4 Å². The highest BCUT2D eigenvalue weighted by Gasteiger charge is 1.97. The van der Waals surface area contributed by atoms with Crippen molar-refractivity contribution in [2.24, 2.45) is 0 Å². The standard InChI is InChI=1S/C10H15NOS/c1-13-8-3-2-6-11-7-4-5-10(11)9-12/h4-5,7,9H,2-3,6,8H2,1H3. The molecule has 3 heteroatoms. The molecule has 0 saturated carbocycles. The molecular formula is C10H15NOS. The van der Waals surface area contributed by atoms with Gasteiger partial charge < -0.3 is 4.57 Å². The molecule has 1 heterocycles.